The number of hydrogen-bond donors (Lipinski definition) is 1. The molecule has 3 rings (SSSR count). The topological polar surface area (TPSA) is 41.5 Å². The normalized spacial score (nSPS) is 10.9. The summed E-state index contributed by atoms with van der Waals surface area (Å²) in [6.07, 6.45) is 7.66. The molecule has 0 bridgehead atoms. The van der Waals surface area contributed by atoms with Gasteiger partial charge in [0.25, 0.3) is 5.91 Å². The average molecular weight is 431 g/mol. The lowest BCUT2D eigenvalue weighted by molar-refractivity contribution is 0.0955. The molecule has 0 heterocycles. The number of allylic oxidation sites excluding steroid dienone is 2. The van der Waals surface area contributed by atoms with E-state index in [9.17, 15) is 4.79 Å². The van der Waals surface area contributed by atoms with Gasteiger partial charge in [-0.25, -0.2) is 5.43 Å². The summed E-state index contributed by atoms with van der Waals surface area (Å²) >= 11 is 3.37. The monoisotopic (exact) mass is 430 g/mol. The van der Waals surface area contributed by atoms with Crippen molar-refractivity contribution in [3.8, 4) is 0 Å². The van der Waals surface area contributed by atoms with Gasteiger partial charge in [0.05, 0.1) is 5.71 Å². The van der Waals surface area contributed by atoms with E-state index in [4.69, 9.17) is 0 Å². The maximum Gasteiger partial charge on any atom is 0.271 e. The summed E-state index contributed by atoms with van der Waals surface area (Å²) in [5, 5.41) is 4.29. The number of nitrogens with one attached hydrogen (secondary N) is 1. The van der Waals surface area contributed by atoms with Crippen molar-refractivity contribution in [2.24, 2.45) is 5.10 Å². The van der Waals surface area contributed by atoms with Crippen molar-refractivity contribution in [1.82, 2.24) is 5.43 Å². The van der Waals surface area contributed by atoms with E-state index >= 15 is 0 Å². The van der Waals surface area contributed by atoms with Crippen LogP contribution in [0.25, 0.3) is 12.2 Å². The van der Waals surface area contributed by atoms with Crippen molar-refractivity contribution in [2.75, 3.05) is 0 Å². The van der Waals surface area contributed by atoms with Crippen LogP contribution in [0.4, 0.5) is 0 Å². The Kier molecular flexibility index (Phi) is 7.10. The van der Waals surface area contributed by atoms with Crippen LogP contribution in [0.5, 0.6) is 0 Å². The number of hydrazone groups is 1. The highest BCUT2D eigenvalue weighted by molar-refractivity contribution is 9.10. The Labute approximate surface area is 173 Å². The van der Waals surface area contributed by atoms with E-state index < -0.39 is 0 Å². The molecule has 1 N–H and O–H groups in total. The van der Waals surface area contributed by atoms with Crippen molar-refractivity contribution >= 4 is 39.7 Å². The first-order chi connectivity index (χ1) is 13.7. The fraction of sp³-hybridized carbons (Fsp3) is 0. The number of hydrogen-bond acceptors (Lipinski definition) is 2. The zero-order valence-electron chi connectivity index (χ0n) is 15.1. The van der Waals surface area contributed by atoms with E-state index in [-0.39, 0.29) is 5.91 Å². The Morgan fingerprint density at radius 2 is 1.36 bits per heavy atom. The predicted octanol–water partition coefficient (Wildman–Crippen LogP) is 5.96. The lowest BCUT2D eigenvalue weighted by atomic mass is 10.1. The maximum absolute atomic E-state index is 12.4. The van der Waals surface area contributed by atoms with Gasteiger partial charge in [-0.3, -0.25) is 4.79 Å². The lowest BCUT2D eigenvalue weighted by Gasteiger charge is -2.02. The summed E-state index contributed by atoms with van der Waals surface area (Å²) < 4.78 is 0.845. The summed E-state index contributed by atoms with van der Waals surface area (Å²) in [4.78, 5) is 12.4. The predicted molar refractivity (Wildman–Crippen MR) is 120 cm³/mol. The average Bonchev–Trinajstić information content (AvgIpc) is 2.74. The highest BCUT2D eigenvalue weighted by Crippen LogP contribution is 2.11. The standard InChI is InChI=1S/C24H19BrN2O/c25-22-13-7-12-21(18-22)24(28)27-26-23(16-14-19-8-3-1-4-9-19)17-15-20-10-5-2-6-11-20/h1-18H,(H,27,28). The second kappa shape index (κ2) is 10.2. The van der Waals surface area contributed by atoms with E-state index in [1.165, 1.54) is 0 Å². The molecule has 3 nitrogen and oxygen atoms in total. The van der Waals surface area contributed by atoms with E-state index in [0.717, 1.165) is 15.6 Å². The third-order valence-electron chi connectivity index (χ3n) is 3.87. The van der Waals surface area contributed by atoms with Gasteiger partial charge in [-0.15, -0.1) is 0 Å². The number of carbonyl (C=O) groups is 1. The molecule has 0 aromatic heterocycles. The highest BCUT2D eigenvalue weighted by atomic mass is 79.9. The summed E-state index contributed by atoms with van der Waals surface area (Å²) in [6.45, 7) is 0. The van der Waals surface area contributed by atoms with Crippen LogP contribution in [0.3, 0.4) is 0 Å². The second-order valence-corrected chi connectivity index (χ2v) is 6.89. The number of benzene rings is 3. The van der Waals surface area contributed by atoms with Crippen LogP contribution >= 0.6 is 15.9 Å². The molecule has 0 saturated carbocycles. The quantitative estimate of drug-likeness (QED) is 0.380. The van der Waals surface area contributed by atoms with Crippen LogP contribution < -0.4 is 5.43 Å². The second-order valence-electron chi connectivity index (χ2n) is 5.98. The molecule has 4 heteroatoms. The van der Waals surface area contributed by atoms with Gasteiger partial charge in [-0.1, -0.05) is 94.8 Å². The Balaban J connectivity index is 1.80. The number of carbonyl (C=O) groups excluding carboxylic acids is 1. The first-order valence-corrected chi connectivity index (χ1v) is 9.60. The lowest BCUT2D eigenvalue weighted by Crippen LogP contribution is -2.18. The van der Waals surface area contributed by atoms with Gasteiger partial charge in [-0.05, 0) is 41.5 Å². The molecule has 0 saturated heterocycles. The zero-order valence-corrected chi connectivity index (χ0v) is 16.7. The molecule has 3 aromatic rings. The van der Waals surface area contributed by atoms with Crippen LogP contribution in [0.15, 0.2) is 107 Å². The van der Waals surface area contributed by atoms with Crippen LogP contribution in [-0.2, 0) is 0 Å². The zero-order chi connectivity index (χ0) is 19.6. The van der Waals surface area contributed by atoms with Gasteiger partial charge in [0.1, 0.15) is 0 Å². The Hall–Kier alpha value is -3.24. The van der Waals surface area contributed by atoms with Crippen LogP contribution in [0.1, 0.15) is 21.5 Å². The maximum atomic E-state index is 12.4. The minimum Gasteiger partial charge on any atom is -0.267 e. The number of nitrogens with zero attached hydrogens (tertiary/aromatic N) is 1. The first-order valence-electron chi connectivity index (χ1n) is 8.80. The van der Waals surface area contributed by atoms with Gasteiger partial charge in [0, 0.05) is 10.0 Å². The van der Waals surface area contributed by atoms with Crippen molar-refractivity contribution in [2.45, 2.75) is 0 Å². The molecule has 28 heavy (non-hydrogen) atoms. The third-order valence-corrected chi connectivity index (χ3v) is 4.36. The van der Waals surface area contributed by atoms with Crippen molar-refractivity contribution in [3.63, 3.8) is 0 Å². The highest BCUT2D eigenvalue weighted by Gasteiger charge is 2.04. The Morgan fingerprint density at radius 3 is 1.89 bits per heavy atom. The summed E-state index contributed by atoms with van der Waals surface area (Å²) in [6, 6.07) is 27.1. The van der Waals surface area contributed by atoms with Crippen LogP contribution in [0.2, 0.25) is 0 Å². The summed E-state index contributed by atoms with van der Waals surface area (Å²) in [5.41, 5.74) is 5.91. The molecular formula is C24H19BrN2O. The first kappa shape index (κ1) is 19.5. The van der Waals surface area contributed by atoms with Gasteiger partial charge in [0.15, 0.2) is 0 Å². The Morgan fingerprint density at radius 1 is 0.786 bits per heavy atom. The van der Waals surface area contributed by atoms with Crippen molar-refractivity contribution < 1.29 is 4.79 Å². The number of rotatable bonds is 6. The van der Waals surface area contributed by atoms with Crippen LogP contribution in [-0.4, -0.2) is 11.6 Å². The van der Waals surface area contributed by atoms with Gasteiger partial charge in [0.2, 0.25) is 0 Å². The Bertz CT molecular complexity index is 958. The van der Waals surface area contributed by atoms with Crippen molar-refractivity contribution in [1.29, 1.82) is 0 Å². The number of amides is 1. The van der Waals surface area contributed by atoms with E-state index in [1.807, 2.05) is 97.1 Å². The van der Waals surface area contributed by atoms with Crippen LogP contribution in [0, 0.1) is 0 Å². The molecule has 0 spiro atoms. The molecule has 3 aromatic carbocycles. The molecule has 0 fully saturated rings. The minimum absolute atomic E-state index is 0.264. The van der Waals surface area contributed by atoms with Gasteiger partial charge >= 0.3 is 0 Å². The largest absolute Gasteiger partial charge is 0.271 e. The fourth-order valence-electron chi connectivity index (χ4n) is 2.43. The molecule has 1 amide bonds. The third kappa shape index (κ3) is 6.18. The summed E-state index contributed by atoms with van der Waals surface area (Å²) in [7, 11) is 0. The molecule has 138 valence electrons. The SMILES string of the molecule is O=C(NN=C(C=Cc1ccccc1)C=Cc1ccccc1)c1cccc(Br)c1. The molecular weight excluding hydrogens is 412 g/mol. The van der Waals surface area contributed by atoms with Crippen molar-refractivity contribution in [3.05, 3.63) is 118 Å². The van der Waals surface area contributed by atoms with E-state index in [0.29, 0.717) is 11.3 Å². The van der Waals surface area contributed by atoms with Gasteiger partial charge < -0.3 is 0 Å². The minimum atomic E-state index is -0.264. The molecule has 0 atom stereocenters. The van der Waals surface area contributed by atoms with E-state index in [2.05, 4.69) is 26.5 Å². The van der Waals surface area contributed by atoms with Gasteiger partial charge in [-0.2, -0.15) is 5.10 Å². The molecule has 0 aliphatic carbocycles. The molecule has 0 radical (unpaired) electrons. The smallest absolute Gasteiger partial charge is 0.267 e. The number of halogens is 1. The fourth-order valence-corrected chi connectivity index (χ4v) is 2.83. The summed E-state index contributed by atoms with van der Waals surface area (Å²) in [5.74, 6) is -0.264. The molecule has 0 aliphatic heterocycles. The molecule has 0 aliphatic rings. The molecule has 0 unspecified atom stereocenters. The van der Waals surface area contributed by atoms with E-state index in [1.54, 1.807) is 12.1 Å².